The minimum Gasteiger partial charge on any atom is -0.355 e. The maximum Gasteiger partial charge on any atom is 0.234 e. The zero-order chi connectivity index (χ0) is 14.1. The highest BCUT2D eigenvalue weighted by atomic mass is 32.2. The van der Waals surface area contributed by atoms with Gasteiger partial charge >= 0.3 is 0 Å². The number of carbonyl (C=O) groups excluding carboxylic acids is 1. The van der Waals surface area contributed by atoms with Gasteiger partial charge in [0.05, 0.1) is 5.75 Å². The molecule has 0 atom stereocenters. The van der Waals surface area contributed by atoms with E-state index in [1.807, 2.05) is 6.92 Å². The van der Waals surface area contributed by atoms with Gasteiger partial charge in [0.1, 0.15) is 0 Å². The Morgan fingerprint density at radius 1 is 1.42 bits per heavy atom. The van der Waals surface area contributed by atoms with Gasteiger partial charge in [-0.3, -0.25) is 9.52 Å². The first-order valence-electron chi connectivity index (χ1n) is 6.27. The molecule has 0 aliphatic carbocycles. The van der Waals surface area contributed by atoms with Gasteiger partial charge in [-0.05, 0) is 24.6 Å². The lowest BCUT2D eigenvalue weighted by molar-refractivity contribution is -0.121. The zero-order valence-electron chi connectivity index (χ0n) is 11.0. The lowest BCUT2D eigenvalue weighted by Crippen LogP contribution is -2.31. The standard InChI is InChI=1S/C13H19N2O3S/c1-2-3-9-13(16)14-10-11-19(17,18)15-12-7-5-4-6-8-12/h4-5,7-8,15H,2-3,9-11H2,1H3,(H,14,16). The van der Waals surface area contributed by atoms with Gasteiger partial charge in [0.15, 0.2) is 0 Å². The number of hydrogen-bond acceptors (Lipinski definition) is 3. The quantitative estimate of drug-likeness (QED) is 0.760. The van der Waals surface area contributed by atoms with E-state index < -0.39 is 10.0 Å². The number of unbranched alkanes of at least 4 members (excludes halogenated alkanes) is 1. The van der Waals surface area contributed by atoms with Gasteiger partial charge in [0.2, 0.25) is 15.9 Å². The van der Waals surface area contributed by atoms with Gasteiger partial charge in [0.25, 0.3) is 0 Å². The van der Waals surface area contributed by atoms with Crippen LogP contribution in [0.1, 0.15) is 26.2 Å². The summed E-state index contributed by atoms with van der Waals surface area (Å²) in [4.78, 5) is 11.3. The summed E-state index contributed by atoms with van der Waals surface area (Å²) in [6.45, 7) is 2.12. The fourth-order valence-electron chi connectivity index (χ4n) is 1.44. The first-order chi connectivity index (χ1) is 9.03. The van der Waals surface area contributed by atoms with E-state index in [2.05, 4.69) is 16.1 Å². The van der Waals surface area contributed by atoms with E-state index in [0.29, 0.717) is 12.1 Å². The van der Waals surface area contributed by atoms with Gasteiger partial charge in [-0.15, -0.1) is 0 Å². The molecule has 0 fully saturated rings. The van der Waals surface area contributed by atoms with E-state index in [1.54, 1.807) is 24.3 Å². The summed E-state index contributed by atoms with van der Waals surface area (Å²) in [5, 5.41) is 2.59. The molecule has 6 heteroatoms. The highest BCUT2D eigenvalue weighted by molar-refractivity contribution is 7.92. The third kappa shape index (κ3) is 6.81. The number of hydrogen-bond donors (Lipinski definition) is 2. The van der Waals surface area contributed by atoms with Crippen molar-refractivity contribution < 1.29 is 13.2 Å². The normalized spacial score (nSPS) is 11.0. The highest BCUT2D eigenvalue weighted by Crippen LogP contribution is 2.07. The third-order valence-electron chi connectivity index (χ3n) is 2.43. The van der Waals surface area contributed by atoms with Gasteiger partial charge in [-0.1, -0.05) is 25.5 Å². The number of benzene rings is 1. The summed E-state index contributed by atoms with van der Waals surface area (Å²) in [6.07, 6.45) is 2.20. The molecule has 0 heterocycles. The van der Waals surface area contributed by atoms with Crippen molar-refractivity contribution in [3.05, 3.63) is 30.3 Å². The summed E-state index contributed by atoms with van der Waals surface area (Å²) in [5.41, 5.74) is 0.472. The molecule has 0 unspecified atom stereocenters. The van der Waals surface area contributed by atoms with Crippen molar-refractivity contribution in [2.24, 2.45) is 0 Å². The minimum atomic E-state index is -3.44. The van der Waals surface area contributed by atoms with Crippen LogP contribution in [0.4, 0.5) is 5.69 Å². The second kappa shape index (κ2) is 7.78. The molecule has 0 saturated carbocycles. The van der Waals surface area contributed by atoms with E-state index in [-0.39, 0.29) is 18.2 Å². The monoisotopic (exact) mass is 283 g/mol. The first kappa shape index (κ1) is 15.5. The summed E-state index contributed by atoms with van der Waals surface area (Å²) >= 11 is 0. The Labute approximate surface area is 114 Å². The summed E-state index contributed by atoms with van der Waals surface area (Å²) < 4.78 is 25.9. The molecular weight excluding hydrogens is 264 g/mol. The molecule has 5 nitrogen and oxygen atoms in total. The fraction of sp³-hybridized carbons (Fsp3) is 0.462. The molecular formula is C13H19N2O3S. The third-order valence-corrected chi connectivity index (χ3v) is 3.72. The Balaban J connectivity index is 2.33. The summed E-state index contributed by atoms with van der Waals surface area (Å²) in [6, 6.07) is 9.37. The van der Waals surface area contributed by atoms with E-state index in [4.69, 9.17) is 0 Å². The molecule has 19 heavy (non-hydrogen) atoms. The van der Waals surface area contributed by atoms with E-state index in [1.165, 1.54) is 0 Å². The molecule has 105 valence electrons. The second-order valence-electron chi connectivity index (χ2n) is 4.17. The fourth-order valence-corrected chi connectivity index (χ4v) is 2.40. The Morgan fingerprint density at radius 2 is 2.21 bits per heavy atom. The summed E-state index contributed by atoms with van der Waals surface area (Å²) in [7, 11) is -3.44. The van der Waals surface area contributed by atoms with Gasteiger partial charge < -0.3 is 5.32 Å². The van der Waals surface area contributed by atoms with Crippen LogP contribution in [-0.4, -0.2) is 26.6 Å². The molecule has 1 aromatic carbocycles. The molecule has 0 aliphatic heterocycles. The Hall–Kier alpha value is -1.56. The zero-order valence-corrected chi connectivity index (χ0v) is 11.8. The van der Waals surface area contributed by atoms with Gasteiger partial charge in [-0.2, -0.15) is 0 Å². The molecule has 0 bridgehead atoms. The molecule has 1 aromatic rings. The molecule has 0 saturated heterocycles. The molecule has 0 aliphatic rings. The van der Waals surface area contributed by atoms with Crippen LogP contribution >= 0.6 is 0 Å². The Bertz CT molecular complexity index is 486. The first-order valence-corrected chi connectivity index (χ1v) is 7.92. The van der Waals surface area contributed by atoms with Crippen LogP contribution in [0.5, 0.6) is 0 Å². The topological polar surface area (TPSA) is 75.3 Å². The van der Waals surface area contributed by atoms with Crippen molar-refractivity contribution in [2.45, 2.75) is 26.2 Å². The van der Waals surface area contributed by atoms with Crippen LogP contribution in [0.15, 0.2) is 24.3 Å². The maximum absolute atomic E-state index is 11.7. The predicted octanol–water partition coefficient (Wildman–Crippen LogP) is 1.53. The molecule has 1 amide bonds. The van der Waals surface area contributed by atoms with Gasteiger partial charge in [-0.25, -0.2) is 8.42 Å². The lowest BCUT2D eigenvalue weighted by atomic mass is 10.2. The van der Waals surface area contributed by atoms with E-state index in [0.717, 1.165) is 12.8 Å². The van der Waals surface area contributed by atoms with Crippen molar-refractivity contribution in [2.75, 3.05) is 17.0 Å². The number of anilines is 1. The number of carbonyl (C=O) groups is 1. The van der Waals surface area contributed by atoms with Crippen LogP contribution in [0.3, 0.4) is 0 Å². The van der Waals surface area contributed by atoms with Crippen LogP contribution in [0.25, 0.3) is 0 Å². The SMILES string of the molecule is CCCCC(=O)NCCS(=O)(=O)Nc1c[c]ccc1. The Kier molecular flexibility index (Phi) is 6.35. The van der Waals surface area contributed by atoms with Gasteiger partial charge in [0, 0.05) is 18.7 Å². The minimum absolute atomic E-state index is 0.106. The second-order valence-corrected chi connectivity index (χ2v) is 6.01. The average molecular weight is 283 g/mol. The van der Waals surface area contributed by atoms with Crippen molar-refractivity contribution >= 4 is 21.6 Å². The predicted molar refractivity (Wildman–Crippen MR) is 75.2 cm³/mol. The largest absolute Gasteiger partial charge is 0.355 e. The smallest absolute Gasteiger partial charge is 0.234 e. The summed E-state index contributed by atoms with van der Waals surface area (Å²) in [5.74, 6) is -0.246. The molecule has 1 rings (SSSR count). The highest BCUT2D eigenvalue weighted by Gasteiger charge is 2.10. The van der Waals surface area contributed by atoms with Crippen LogP contribution in [0.2, 0.25) is 0 Å². The van der Waals surface area contributed by atoms with Crippen molar-refractivity contribution in [1.29, 1.82) is 0 Å². The van der Waals surface area contributed by atoms with Crippen molar-refractivity contribution in [3.63, 3.8) is 0 Å². The number of rotatable bonds is 8. The van der Waals surface area contributed by atoms with E-state index in [9.17, 15) is 13.2 Å². The molecule has 0 aromatic heterocycles. The van der Waals surface area contributed by atoms with E-state index >= 15 is 0 Å². The van der Waals surface area contributed by atoms with Crippen LogP contribution < -0.4 is 10.0 Å². The number of sulfonamides is 1. The van der Waals surface area contributed by atoms with Crippen LogP contribution in [-0.2, 0) is 14.8 Å². The molecule has 2 N–H and O–H groups in total. The lowest BCUT2D eigenvalue weighted by Gasteiger charge is -2.08. The van der Waals surface area contributed by atoms with Crippen LogP contribution in [0, 0.1) is 6.07 Å². The van der Waals surface area contributed by atoms with Crippen molar-refractivity contribution in [3.8, 4) is 0 Å². The maximum atomic E-state index is 11.7. The molecule has 1 radical (unpaired) electrons. The molecule has 0 spiro atoms. The number of amides is 1. The Morgan fingerprint density at radius 3 is 2.84 bits per heavy atom. The average Bonchev–Trinajstić information content (AvgIpc) is 2.36. The number of nitrogens with one attached hydrogen (secondary N) is 2. The van der Waals surface area contributed by atoms with Crippen molar-refractivity contribution in [1.82, 2.24) is 5.32 Å².